The molecule has 4 atom stereocenters. The van der Waals surface area contributed by atoms with Crippen LogP contribution in [-0.4, -0.2) is 41.6 Å². The number of rotatable bonds is 1. The van der Waals surface area contributed by atoms with Crippen LogP contribution in [0, 0.1) is 11.8 Å². The van der Waals surface area contributed by atoms with Gasteiger partial charge in [-0.1, -0.05) is 6.92 Å². The average molecular weight is 268 g/mol. The van der Waals surface area contributed by atoms with Crippen LogP contribution in [-0.2, 0) is 9.53 Å². The van der Waals surface area contributed by atoms with Crippen LogP contribution in [0.1, 0.15) is 47.0 Å². The molecule has 0 radical (unpaired) electrons. The molecular formula is C15H28N2O2. The zero-order valence-electron chi connectivity index (χ0n) is 12.7. The second kappa shape index (κ2) is 5.41. The van der Waals surface area contributed by atoms with E-state index in [1.165, 1.54) is 0 Å². The summed E-state index contributed by atoms with van der Waals surface area (Å²) in [6.45, 7) is 9.73. The van der Waals surface area contributed by atoms with E-state index in [-0.39, 0.29) is 29.6 Å². The van der Waals surface area contributed by atoms with Gasteiger partial charge in [0.05, 0.1) is 11.7 Å². The number of carbonyl (C=O) groups is 1. The first-order valence-electron chi connectivity index (χ1n) is 7.50. The number of nitrogens with two attached hydrogens (primary N) is 1. The first-order valence-corrected chi connectivity index (χ1v) is 7.50. The summed E-state index contributed by atoms with van der Waals surface area (Å²) < 4.78 is 5.87. The molecule has 1 saturated heterocycles. The fourth-order valence-corrected chi connectivity index (χ4v) is 3.55. The first-order chi connectivity index (χ1) is 8.78. The van der Waals surface area contributed by atoms with E-state index >= 15 is 0 Å². The van der Waals surface area contributed by atoms with Crippen molar-refractivity contribution < 1.29 is 9.53 Å². The van der Waals surface area contributed by atoms with E-state index in [1.54, 1.807) is 0 Å². The zero-order chi connectivity index (χ0) is 14.2. The molecule has 0 spiro atoms. The molecule has 0 bridgehead atoms. The number of nitrogens with zero attached hydrogens (tertiary/aromatic N) is 1. The molecule has 110 valence electrons. The van der Waals surface area contributed by atoms with Crippen LogP contribution >= 0.6 is 0 Å². The molecule has 2 aliphatic rings. The molecule has 1 aliphatic heterocycles. The Morgan fingerprint density at radius 1 is 1.32 bits per heavy atom. The standard InChI is InChI=1S/C15H28N2O2/c1-10-5-6-12(16)7-13(10)14(18)17-8-11(2)19-15(3,4)9-17/h10-13H,5-9,16H2,1-4H3. The predicted octanol–water partition coefficient (Wildman–Crippen LogP) is 1.78. The Kier molecular flexibility index (Phi) is 4.21. The molecule has 2 rings (SSSR count). The minimum Gasteiger partial charge on any atom is -0.369 e. The summed E-state index contributed by atoms with van der Waals surface area (Å²) in [4.78, 5) is 14.8. The van der Waals surface area contributed by atoms with Gasteiger partial charge in [0.15, 0.2) is 0 Å². The molecule has 1 heterocycles. The number of hydrogen-bond donors (Lipinski definition) is 1. The van der Waals surface area contributed by atoms with Gasteiger partial charge in [0.25, 0.3) is 0 Å². The quantitative estimate of drug-likeness (QED) is 0.788. The lowest BCUT2D eigenvalue weighted by Crippen LogP contribution is -2.56. The van der Waals surface area contributed by atoms with Gasteiger partial charge in [-0.25, -0.2) is 0 Å². The summed E-state index contributed by atoms with van der Waals surface area (Å²) in [5, 5.41) is 0. The maximum absolute atomic E-state index is 12.8. The highest BCUT2D eigenvalue weighted by atomic mass is 16.5. The summed E-state index contributed by atoms with van der Waals surface area (Å²) in [6, 6.07) is 0.191. The van der Waals surface area contributed by atoms with Crippen molar-refractivity contribution in [2.24, 2.45) is 17.6 Å². The van der Waals surface area contributed by atoms with E-state index < -0.39 is 0 Å². The van der Waals surface area contributed by atoms with E-state index in [0.29, 0.717) is 19.0 Å². The average Bonchev–Trinajstić information content (AvgIpc) is 2.29. The van der Waals surface area contributed by atoms with Crippen molar-refractivity contribution in [2.75, 3.05) is 13.1 Å². The van der Waals surface area contributed by atoms with E-state index in [4.69, 9.17) is 10.5 Å². The van der Waals surface area contributed by atoms with Gasteiger partial charge in [-0.3, -0.25) is 4.79 Å². The summed E-state index contributed by atoms with van der Waals surface area (Å²) in [7, 11) is 0. The third-order valence-electron chi connectivity index (χ3n) is 4.43. The molecule has 4 heteroatoms. The molecule has 2 N–H and O–H groups in total. The minimum absolute atomic E-state index is 0.102. The molecule has 0 aromatic heterocycles. The molecule has 4 unspecified atom stereocenters. The molecule has 4 nitrogen and oxygen atoms in total. The van der Waals surface area contributed by atoms with Crippen molar-refractivity contribution in [2.45, 2.75) is 64.7 Å². The Bertz CT molecular complexity index is 343. The van der Waals surface area contributed by atoms with Crippen LogP contribution in [0.15, 0.2) is 0 Å². The Labute approximate surface area is 116 Å². The highest BCUT2D eigenvalue weighted by Gasteiger charge is 2.39. The maximum Gasteiger partial charge on any atom is 0.226 e. The van der Waals surface area contributed by atoms with Gasteiger partial charge in [0, 0.05) is 25.0 Å². The lowest BCUT2D eigenvalue weighted by molar-refractivity contribution is -0.163. The highest BCUT2D eigenvalue weighted by molar-refractivity contribution is 5.79. The molecule has 2 fully saturated rings. The summed E-state index contributed by atoms with van der Waals surface area (Å²) in [5.74, 6) is 0.837. The number of ether oxygens (including phenoxy) is 1. The lowest BCUT2D eigenvalue weighted by Gasteiger charge is -2.44. The van der Waals surface area contributed by atoms with Crippen molar-refractivity contribution >= 4 is 5.91 Å². The van der Waals surface area contributed by atoms with Gasteiger partial charge in [-0.15, -0.1) is 0 Å². The van der Waals surface area contributed by atoms with Gasteiger partial charge < -0.3 is 15.4 Å². The number of carbonyl (C=O) groups excluding carboxylic acids is 1. The molecule has 0 aromatic carbocycles. The van der Waals surface area contributed by atoms with Gasteiger partial charge >= 0.3 is 0 Å². The van der Waals surface area contributed by atoms with Crippen molar-refractivity contribution in [3.8, 4) is 0 Å². The van der Waals surface area contributed by atoms with Gasteiger partial charge in [-0.2, -0.15) is 0 Å². The monoisotopic (exact) mass is 268 g/mol. The predicted molar refractivity (Wildman–Crippen MR) is 75.7 cm³/mol. The number of hydrogen-bond acceptors (Lipinski definition) is 3. The zero-order valence-corrected chi connectivity index (χ0v) is 12.7. The van der Waals surface area contributed by atoms with Crippen LogP contribution in [0.25, 0.3) is 0 Å². The van der Waals surface area contributed by atoms with Crippen molar-refractivity contribution in [3.05, 3.63) is 0 Å². The maximum atomic E-state index is 12.8. The van der Waals surface area contributed by atoms with Gasteiger partial charge in [0.2, 0.25) is 5.91 Å². The molecule has 0 aromatic rings. The normalized spacial score (nSPS) is 39.1. The third-order valence-corrected chi connectivity index (χ3v) is 4.43. The Hall–Kier alpha value is -0.610. The Morgan fingerprint density at radius 2 is 2.00 bits per heavy atom. The Morgan fingerprint density at radius 3 is 2.63 bits per heavy atom. The molecule has 19 heavy (non-hydrogen) atoms. The Balaban J connectivity index is 2.05. The molecule has 1 amide bonds. The molecule has 1 saturated carbocycles. The van der Waals surface area contributed by atoms with E-state index in [2.05, 4.69) is 20.8 Å². The number of amides is 1. The fourth-order valence-electron chi connectivity index (χ4n) is 3.55. The summed E-state index contributed by atoms with van der Waals surface area (Å²) in [5.41, 5.74) is 5.80. The first kappa shape index (κ1) is 14.8. The topological polar surface area (TPSA) is 55.6 Å². The second-order valence-corrected chi connectivity index (χ2v) is 7.06. The van der Waals surface area contributed by atoms with Gasteiger partial charge in [-0.05, 0) is 46.0 Å². The van der Waals surface area contributed by atoms with Gasteiger partial charge in [0.1, 0.15) is 0 Å². The fraction of sp³-hybridized carbons (Fsp3) is 0.933. The second-order valence-electron chi connectivity index (χ2n) is 7.06. The van der Waals surface area contributed by atoms with Crippen LogP contribution in [0.5, 0.6) is 0 Å². The van der Waals surface area contributed by atoms with Crippen molar-refractivity contribution in [1.82, 2.24) is 4.90 Å². The van der Waals surface area contributed by atoms with Crippen LogP contribution in [0.4, 0.5) is 0 Å². The van der Waals surface area contributed by atoms with Crippen LogP contribution < -0.4 is 5.73 Å². The van der Waals surface area contributed by atoms with E-state index in [1.807, 2.05) is 11.8 Å². The van der Waals surface area contributed by atoms with Crippen LogP contribution in [0.2, 0.25) is 0 Å². The molecular weight excluding hydrogens is 240 g/mol. The van der Waals surface area contributed by atoms with Crippen LogP contribution in [0.3, 0.4) is 0 Å². The molecule has 1 aliphatic carbocycles. The summed E-state index contributed by atoms with van der Waals surface area (Å²) in [6.07, 6.45) is 3.07. The van der Waals surface area contributed by atoms with E-state index in [0.717, 1.165) is 19.3 Å². The smallest absolute Gasteiger partial charge is 0.226 e. The minimum atomic E-state index is -0.243. The van der Waals surface area contributed by atoms with Crippen molar-refractivity contribution in [1.29, 1.82) is 0 Å². The van der Waals surface area contributed by atoms with Crippen molar-refractivity contribution in [3.63, 3.8) is 0 Å². The SMILES string of the molecule is CC1CN(C(=O)C2CC(N)CCC2C)CC(C)(C)O1. The summed E-state index contributed by atoms with van der Waals surface area (Å²) >= 11 is 0. The van der Waals surface area contributed by atoms with E-state index in [9.17, 15) is 4.79 Å². The third kappa shape index (κ3) is 3.48. The highest BCUT2D eigenvalue weighted by Crippen LogP contribution is 2.32. The lowest BCUT2D eigenvalue weighted by atomic mass is 9.77. The largest absolute Gasteiger partial charge is 0.369 e. The number of morpholine rings is 1.